The van der Waals surface area contributed by atoms with E-state index in [1.807, 2.05) is 24.3 Å². The van der Waals surface area contributed by atoms with Gasteiger partial charge >= 0.3 is 0 Å². The molecule has 2 aliphatic heterocycles. The van der Waals surface area contributed by atoms with Crippen LogP contribution in [0.2, 0.25) is 5.02 Å². The standard InChI is InChI=1S/C20H20ClN3O/c21-17-8-4-7-16(11-22)20(17)24-13-18-19(14-24)25-10-9-23(18)12-15-5-2-1-3-6-15/h1-8,18-19H,9-10,12-14H2. The van der Waals surface area contributed by atoms with Crippen molar-refractivity contribution < 1.29 is 4.74 Å². The minimum Gasteiger partial charge on any atom is -0.373 e. The van der Waals surface area contributed by atoms with E-state index in [1.165, 1.54) is 5.56 Å². The van der Waals surface area contributed by atoms with Gasteiger partial charge < -0.3 is 9.64 Å². The van der Waals surface area contributed by atoms with Gasteiger partial charge in [-0.3, -0.25) is 4.90 Å². The Morgan fingerprint density at radius 1 is 1.12 bits per heavy atom. The first-order valence-corrected chi connectivity index (χ1v) is 8.97. The van der Waals surface area contributed by atoms with E-state index in [2.05, 4.69) is 40.1 Å². The first-order valence-electron chi connectivity index (χ1n) is 8.59. The zero-order valence-electron chi connectivity index (χ0n) is 13.9. The Hall–Kier alpha value is -2.06. The van der Waals surface area contributed by atoms with Crippen LogP contribution < -0.4 is 4.90 Å². The van der Waals surface area contributed by atoms with Gasteiger partial charge in [0.1, 0.15) is 6.07 Å². The Morgan fingerprint density at radius 2 is 1.96 bits per heavy atom. The van der Waals surface area contributed by atoms with Crippen LogP contribution in [0.25, 0.3) is 0 Å². The van der Waals surface area contributed by atoms with E-state index in [4.69, 9.17) is 16.3 Å². The maximum absolute atomic E-state index is 9.43. The molecule has 0 amide bonds. The van der Waals surface area contributed by atoms with Gasteiger partial charge in [0, 0.05) is 26.2 Å². The van der Waals surface area contributed by atoms with Gasteiger partial charge in [-0.1, -0.05) is 48.0 Å². The molecule has 2 saturated heterocycles. The summed E-state index contributed by atoms with van der Waals surface area (Å²) in [7, 11) is 0. The largest absolute Gasteiger partial charge is 0.373 e. The van der Waals surface area contributed by atoms with Crippen LogP contribution >= 0.6 is 11.6 Å². The second-order valence-electron chi connectivity index (χ2n) is 6.59. The minimum absolute atomic E-state index is 0.153. The normalized spacial score (nSPS) is 23.3. The van der Waals surface area contributed by atoms with E-state index >= 15 is 0 Å². The number of hydrogen-bond donors (Lipinski definition) is 0. The van der Waals surface area contributed by atoms with Crippen LogP contribution in [0.1, 0.15) is 11.1 Å². The Balaban J connectivity index is 1.56. The summed E-state index contributed by atoms with van der Waals surface area (Å²) in [6, 6.07) is 18.6. The molecule has 0 radical (unpaired) electrons. The summed E-state index contributed by atoms with van der Waals surface area (Å²) < 4.78 is 6.03. The molecule has 128 valence electrons. The van der Waals surface area contributed by atoms with Crippen molar-refractivity contribution in [1.82, 2.24) is 4.90 Å². The highest BCUT2D eigenvalue weighted by atomic mass is 35.5. The third-order valence-corrected chi connectivity index (χ3v) is 5.37. The summed E-state index contributed by atoms with van der Waals surface area (Å²) >= 11 is 6.40. The number of nitriles is 1. The highest BCUT2D eigenvalue weighted by molar-refractivity contribution is 6.33. The van der Waals surface area contributed by atoms with E-state index in [9.17, 15) is 5.26 Å². The maximum Gasteiger partial charge on any atom is 0.101 e. The number of halogens is 1. The molecule has 4 nitrogen and oxygen atoms in total. The van der Waals surface area contributed by atoms with E-state index in [1.54, 1.807) is 0 Å². The number of morpholine rings is 1. The van der Waals surface area contributed by atoms with Gasteiger partial charge in [-0.15, -0.1) is 0 Å². The Morgan fingerprint density at radius 3 is 2.76 bits per heavy atom. The summed E-state index contributed by atoms with van der Waals surface area (Å²) in [5, 5.41) is 10.1. The molecule has 0 saturated carbocycles. The second kappa shape index (κ2) is 7.05. The molecule has 4 rings (SSSR count). The number of rotatable bonds is 3. The predicted octanol–water partition coefficient (Wildman–Crippen LogP) is 3.30. The summed E-state index contributed by atoms with van der Waals surface area (Å²) in [6.07, 6.45) is 0.153. The van der Waals surface area contributed by atoms with Crippen LogP contribution in [-0.2, 0) is 11.3 Å². The average Bonchev–Trinajstić information content (AvgIpc) is 3.07. The number of nitrogens with zero attached hydrogens (tertiary/aromatic N) is 3. The molecule has 2 unspecified atom stereocenters. The van der Waals surface area contributed by atoms with Gasteiger partial charge in [0.05, 0.1) is 35.0 Å². The minimum atomic E-state index is 0.153. The van der Waals surface area contributed by atoms with Crippen LogP contribution in [0.5, 0.6) is 0 Å². The van der Waals surface area contributed by atoms with Gasteiger partial charge in [-0.25, -0.2) is 0 Å². The van der Waals surface area contributed by atoms with Crippen molar-refractivity contribution in [2.24, 2.45) is 0 Å². The molecule has 2 aromatic rings. The molecule has 0 N–H and O–H groups in total. The summed E-state index contributed by atoms with van der Waals surface area (Å²) in [6.45, 7) is 4.20. The Labute approximate surface area is 153 Å². The number of fused-ring (bicyclic) bond motifs is 1. The molecule has 2 fully saturated rings. The SMILES string of the molecule is N#Cc1cccc(Cl)c1N1CC2OCCN(Cc3ccccc3)C2C1. The van der Waals surface area contributed by atoms with E-state index < -0.39 is 0 Å². The van der Waals surface area contributed by atoms with Crippen molar-refractivity contribution in [2.45, 2.75) is 18.7 Å². The smallest absolute Gasteiger partial charge is 0.101 e. The second-order valence-corrected chi connectivity index (χ2v) is 6.99. The molecule has 2 heterocycles. The molecule has 0 spiro atoms. The molecule has 5 heteroatoms. The third kappa shape index (κ3) is 3.23. The van der Waals surface area contributed by atoms with E-state index in [0.717, 1.165) is 38.5 Å². The lowest BCUT2D eigenvalue weighted by Gasteiger charge is -2.36. The molecule has 2 aliphatic rings. The third-order valence-electron chi connectivity index (χ3n) is 5.07. The molecule has 2 atom stereocenters. The van der Waals surface area contributed by atoms with Crippen molar-refractivity contribution in [2.75, 3.05) is 31.1 Å². The lowest BCUT2D eigenvalue weighted by molar-refractivity contribution is -0.0499. The zero-order valence-corrected chi connectivity index (χ0v) is 14.7. The van der Waals surface area contributed by atoms with E-state index in [-0.39, 0.29) is 6.10 Å². The fourth-order valence-electron chi connectivity index (χ4n) is 3.88. The Kier molecular flexibility index (Phi) is 4.63. The van der Waals surface area contributed by atoms with Gasteiger partial charge in [0.15, 0.2) is 0 Å². The highest BCUT2D eigenvalue weighted by Crippen LogP contribution is 2.35. The van der Waals surface area contributed by atoms with Crippen LogP contribution in [0.15, 0.2) is 48.5 Å². The number of ether oxygens (including phenoxy) is 1. The van der Waals surface area contributed by atoms with Crippen molar-refractivity contribution in [1.29, 1.82) is 5.26 Å². The lowest BCUT2D eigenvalue weighted by Crippen LogP contribution is -2.50. The molecular formula is C20H20ClN3O. The molecular weight excluding hydrogens is 334 g/mol. The first kappa shape index (κ1) is 16.4. The van der Waals surface area contributed by atoms with Gasteiger partial charge in [0.2, 0.25) is 0 Å². The van der Waals surface area contributed by atoms with Gasteiger partial charge in [-0.2, -0.15) is 5.26 Å². The maximum atomic E-state index is 9.43. The lowest BCUT2D eigenvalue weighted by atomic mass is 10.1. The van der Waals surface area contributed by atoms with Crippen molar-refractivity contribution in [3.8, 4) is 6.07 Å². The average molecular weight is 354 g/mol. The summed E-state index contributed by atoms with van der Waals surface area (Å²) in [5.74, 6) is 0. The van der Waals surface area contributed by atoms with E-state index in [0.29, 0.717) is 16.6 Å². The topological polar surface area (TPSA) is 39.5 Å². The number of hydrogen-bond acceptors (Lipinski definition) is 4. The molecule has 0 bridgehead atoms. The monoisotopic (exact) mass is 353 g/mol. The fourth-order valence-corrected chi connectivity index (χ4v) is 4.18. The number of para-hydroxylation sites is 1. The predicted molar refractivity (Wildman–Crippen MR) is 98.8 cm³/mol. The van der Waals surface area contributed by atoms with Crippen molar-refractivity contribution in [3.05, 3.63) is 64.7 Å². The summed E-state index contributed by atoms with van der Waals surface area (Å²) in [5.41, 5.74) is 2.78. The summed E-state index contributed by atoms with van der Waals surface area (Å²) in [4.78, 5) is 4.70. The number of anilines is 1. The van der Waals surface area contributed by atoms with Crippen LogP contribution in [0, 0.1) is 11.3 Å². The van der Waals surface area contributed by atoms with Crippen molar-refractivity contribution >= 4 is 17.3 Å². The zero-order chi connectivity index (χ0) is 17.2. The number of benzene rings is 2. The quantitative estimate of drug-likeness (QED) is 0.848. The van der Waals surface area contributed by atoms with Crippen LogP contribution in [0.3, 0.4) is 0 Å². The fraction of sp³-hybridized carbons (Fsp3) is 0.350. The molecule has 2 aromatic carbocycles. The molecule has 0 aromatic heterocycles. The first-order chi connectivity index (χ1) is 12.3. The van der Waals surface area contributed by atoms with Gasteiger partial charge in [-0.05, 0) is 17.7 Å². The molecule has 0 aliphatic carbocycles. The van der Waals surface area contributed by atoms with Crippen LogP contribution in [0.4, 0.5) is 5.69 Å². The highest BCUT2D eigenvalue weighted by Gasteiger charge is 2.41. The van der Waals surface area contributed by atoms with Crippen molar-refractivity contribution in [3.63, 3.8) is 0 Å². The van der Waals surface area contributed by atoms with Crippen LogP contribution in [-0.4, -0.2) is 43.3 Å². The Bertz CT molecular complexity index is 789. The van der Waals surface area contributed by atoms with Gasteiger partial charge in [0.25, 0.3) is 0 Å². The molecule has 25 heavy (non-hydrogen) atoms.